The third-order valence-corrected chi connectivity index (χ3v) is 7.92. The van der Waals surface area contributed by atoms with Gasteiger partial charge in [-0.1, -0.05) is 48.9 Å². The van der Waals surface area contributed by atoms with Crippen LogP contribution in [0.2, 0.25) is 0 Å². The van der Waals surface area contributed by atoms with Crippen molar-refractivity contribution in [2.45, 2.75) is 27.7 Å². The van der Waals surface area contributed by atoms with E-state index in [9.17, 15) is 0 Å². The molecule has 0 unspecified atom stereocenters. The molecule has 2 aromatic carbocycles. The van der Waals surface area contributed by atoms with E-state index in [1.807, 2.05) is 24.5 Å². The molecule has 196 valence electrons. The summed E-state index contributed by atoms with van der Waals surface area (Å²) in [6.07, 6.45) is 7.95. The number of nitrogens with zero attached hydrogens (tertiary/aromatic N) is 4. The second-order valence-electron chi connectivity index (χ2n) is 10.4. The van der Waals surface area contributed by atoms with E-state index in [0.29, 0.717) is 11.5 Å². The van der Waals surface area contributed by atoms with Gasteiger partial charge in [-0.05, 0) is 107 Å². The Labute approximate surface area is 245 Å². The molecule has 0 spiro atoms. The fourth-order valence-corrected chi connectivity index (χ4v) is 6.25. The first-order valence-corrected chi connectivity index (χ1v) is 13.1. The minimum atomic E-state index is 0. The molecule has 0 aliphatic carbocycles. The first-order valence-electron chi connectivity index (χ1n) is 13.1. The van der Waals surface area contributed by atoms with Gasteiger partial charge in [-0.15, -0.1) is 11.1 Å². The molecule has 40 heavy (non-hydrogen) atoms. The van der Waals surface area contributed by atoms with Gasteiger partial charge < -0.3 is 23.5 Å². The zero-order valence-corrected chi connectivity index (χ0v) is 24.7. The Morgan fingerprint density at radius 3 is 1.52 bits per heavy atom. The second kappa shape index (κ2) is 8.90. The Kier molecular flexibility index (Phi) is 5.52. The van der Waals surface area contributed by atoms with Gasteiger partial charge in [-0.2, -0.15) is 0 Å². The molecule has 0 atom stereocenters. The Morgan fingerprint density at radius 2 is 1.07 bits per heavy atom. The zero-order valence-electron chi connectivity index (χ0n) is 22.4. The van der Waals surface area contributed by atoms with Crippen molar-refractivity contribution in [1.82, 2.24) is 18.8 Å². The van der Waals surface area contributed by atoms with Gasteiger partial charge in [0.2, 0.25) is 0 Å². The van der Waals surface area contributed by atoms with Gasteiger partial charge in [-0.3, -0.25) is 0 Å². The van der Waals surface area contributed by atoms with E-state index < -0.39 is 0 Å². The summed E-state index contributed by atoms with van der Waals surface area (Å²) in [5.41, 5.74) is 10.9. The monoisotopic (exact) mass is 699 g/mol. The molecule has 0 bridgehead atoms. The van der Waals surface area contributed by atoms with E-state index in [1.54, 1.807) is 0 Å². The molecule has 0 amide bonds. The molecule has 0 aliphatic rings. The van der Waals surface area contributed by atoms with Crippen LogP contribution in [0.15, 0.2) is 73.3 Å². The minimum absolute atomic E-state index is 0. The van der Waals surface area contributed by atoms with Crippen molar-refractivity contribution in [3.8, 4) is 11.5 Å². The molecule has 0 fully saturated rings. The molecule has 6 heterocycles. The van der Waals surface area contributed by atoms with E-state index >= 15 is 0 Å². The third-order valence-electron chi connectivity index (χ3n) is 7.92. The van der Waals surface area contributed by atoms with Crippen molar-refractivity contribution < 1.29 is 25.8 Å². The van der Waals surface area contributed by atoms with E-state index in [-0.39, 0.29) is 21.1 Å². The Bertz CT molecular complexity index is 2150. The van der Waals surface area contributed by atoms with E-state index in [4.69, 9.17) is 14.7 Å². The SMILES string of the molecule is Cc1ccnc2c3[c-]c(Oc4[c-]c5c6nccc(C)c6c6cccn6c5c(C)c4)cc(C)c3n3cccc3c12.[Pt+2]. The van der Waals surface area contributed by atoms with Gasteiger partial charge >= 0.3 is 21.1 Å². The molecule has 6 heteroatoms. The summed E-state index contributed by atoms with van der Waals surface area (Å²) in [6, 6.07) is 23.8. The van der Waals surface area contributed by atoms with Crippen LogP contribution in [0.1, 0.15) is 22.3 Å². The van der Waals surface area contributed by atoms with Gasteiger partial charge in [0.15, 0.2) is 0 Å². The molecule has 8 rings (SSSR count). The number of hydrogen-bond donors (Lipinski definition) is 0. The molecule has 8 aromatic rings. The standard InChI is InChI=1S/C34H24N4O.Pt/c1-19-9-11-35-31-25-17-23(15-21(3)33(25)37-13-5-7-27(37)29(19)31)39-24-16-22(4)34-26(18-24)32-30(20(2)10-12-36-32)28-8-6-14-38(28)34;/h5-16H,1-4H3;/q-2;+2. The molecule has 0 radical (unpaired) electrons. The maximum atomic E-state index is 6.52. The number of benzene rings is 2. The number of hydrogen-bond acceptors (Lipinski definition) is 3. The molecular weight excluding hydrogens is 675 g/mol. The van der Waals surface area contributed by atoms with Crippen LogP contribution in [0, 0.1) is 39.8 Å². The van der Waals surface area contributed by atoms with Gasteiger partial charge in [-0.25, -0.2) is 0 Å². The van der Waals surface area contributed by atoms with Crippen LogP contribution in [0.4, 0.5) is 0 Å². The van der Waals surface area contributed by atoms with Crippen LogP contribution in [0.5, 0.6) is 11.5 Å². The molecule has 0 aliphatic heterocycles. The van der Waals surface area contributed by atoms with Crippen LogP contribution in [0.3, 0.4) is 0 Å². The van der Waals surface area contributed by atoms with Gasteiger partial charge in [0.1, 0.15) is 0 Å². The number of pyridine rings is 4. The average Bonchev–Trinajstić information content (AvgIpc) is 3.59. The Morgan fingerprint density at radius 1 is 0.625 bits per heavy atom. The van der Waals surface area contributed by atoms with Crippen molar-refractivity contribution in [3.05, 3.63) is 108 Å². The maximum Gasteiger partial charge on any atom is 2.00 e. The summed E-state index contributed by atoms with van der Waals surface area (Å²) in [4.78, 5) is 9.58. The van der Waals surface area contributed by atoms with Crippen molar-refractivity contribution in [3.63, 3.8) is 0 Å². The summed E-state index contributed by atoms with van der Waals surface area (Å²) >= 11 is 0. The number of fused-ring (bicyclic) bond motifs is 12. The average molecular weight is 700 g/mol. The zero-order chi connectivity index (χ0) is 26.4. The second-order valence-corrected chi connectivity index (χ2v) is 10.4. The quantitative estimate of drug-likeness (QED) is 0.135. The Hall–Kier alpha value is -4.21. The summed E-state index contributed by atoms with van der Waals surface area (Å²) < 4.78 is 11.0. The van der Waals surface area contributed by atoms with Crippen LogP contribution >= 0.6 is 0 Å². The molecule has 0 saturated heterocycles. The summed E-state index contributed by atoms with van der Waals surface area (Å²) in [7, 11) is 0. The first kappa shape index (κ1) is 24.8. The fraction of sp³-hybridized carbons (Fsp3) is 0.118. The summed E-state index contributed by atoms with van der Waals surface area (Å²) in [6.45, 7) is 8.49. The molecule has 5 nitrogen and oxygen atoms in total. The van der Waals surface area contributed by atoms with Crippen LogP contribution < -0.4 is 4.74 Å². The minimum Gasteiger partial charge on any atom is -0.497 e. The number of rotatable bonds is 2. The molecular formula is C34H24N4OPt. The summed E-state index contributed by atoms with van der Waals surface area (Å²) in [5.74, 6) is 1.28. The van der Waals surface area contributed by atoms with E-state index in [0.717, 1.165) is 65.8 Å². The van der Waals surface area contributed by atoms with Crippen molar-refractivity contribution in [1.29, 1.82) is 0 Å². The van der Waals surface area contributed by atoms with E-state index in [1.165, 1.54) is 11.1 Å². The number of aryl methyl sites for hydroxylation is 4. The topological polar surface area (TPSA) is 43.8 Å². The number of ether oxygens (including phenoxy) is 1. The maximum absolute atomic E-state index is 6.52. The predicted molar refractivity (Wildman–Crippen MR) is 157 cm³/mol. The molecule has 6 aromatic heterocycles. The van der Waals surface area contributed by atoms with Crippen molar-refractivity contribution >= 4 is 54.6 Å². The van der Waals surface area contributed by atoms with Gasteiger partial charge in [0.25, 0.3) is 0 Å². The van der Waals surface area contributed by atoms with E-state index in [2.05, 4.69) is 97.4 Å². The van der Waals surface area contributed by atoms with Gasteiger partial charge in [0.05, 0.1) is 0 Å². The fourth-order valence-electron chi connectivity index (χ4n) is 6.25. The molecule has 0 N–H and O–H groups in total. The third kappa shape index (κ3) is 3.37. The van der Waals surface area contributed by atoms with Gasteiger partial charge in [0, 0.05) is 34.9 Å². The normalized spacial score (nSPS) is 11.8. The molecule has 0 saturated carbocycles. The summed E-state index contributed by atoms with van der Waals surface area (Å²) in [5, 5.41) is 4.17. The number of aromatic nitrogens is 4. The van der Waals surface area contributed by atoms with Crippen LogP contribution in [-0.4, -0.2) is 18.8 Å². The first-order chi connectivity index (χ1) is 19.0. The van der Waals surface area contributed by atoms with Crippen LogP contribution in [-0.2, 0) is 21.1 Å². The smallest absolute Gasteiger partial charge is 0.497 e. The predicted octanol–water partition coefficient (Wildman–Crippen LogP) is 8.22. The van der Waals surface area contributed by atoms with Crippen molar-refractivity contribution in [2.75, 3.05) is 0 Å². The van der Waals surface area contributed by atoms with Crippen LogP contribution in [0.25, 0.3) is 54.6 Å². The Balaban J connectivity index is 0.00000264. The largest absolute Gasteiger partial charge is 2.00 e. The van der Waals surface area contributed by atoms with Crippen molar-refractivity contribution in [2.24, 2.45) is 0 Å².